The van der Waals surface area contributed by atoms with Gasteiger partial charge in [0.2, 0.25) is 5.90 Å². The number of rotatable bonds is 6. The summed E-state index contributed by atoms with van der Waals surface area (Å²) in [6.07, 6.45) is 1.60. The molecule has 1 aliphatic rings. The van der Waals surface area contributed by atoms with Crippen LogP contribution in [0.5, 0.6) is 11.5 Å². The van der Waals surface area contributed by atoms with Gasteiger partial charge < -0.3 is 14.2 Å². The number of aliphatic imine (C=N–C) groups is 1. The van der Waals surface area contributed by atoms with E-state index in [0.717, 1.165) is 11.1 Å². The summed E-state index contributed by atoms with van der Waals surface area (Å²) in [6.45, 7) is 4.12. The Labute approximate surface area is 185 Å². The van der Waals surface area contributed by atoms with E-state index in [9.17, 15) is 9.59 Å². The smallest absolute Gasteiger partial charge is 0.363 e. The van der Waals surface area contributed by atoms with Crippen molar-refractivity contribution in [3.8, 4) is 11.5 Å². The fourth-order valence-corrected chi connectivity index (χ4v) is 3.17. The van der Waals surface area contributed by atoms with Crippen molar-refractivity contribution < 1.29 is 23.8 Å². The van der Waals surface area contributed by atoms with Crippen molar-refractivity contribution >= 4 is 23.9 Å². The van der Waals surface area contributed by atoms with Crippen LogP contribution in [0.25, 0.3) is 6.08 Å². The van der Waals surface area contributed by atoms with E-state index in [2.05, 4.69) is 4.99 Å². The van der Waals surface area contributed by atoms with Gasteiger partial charge in [-0.3, -0.25) is 0 Å². The van der Waals surface area contributed by atoms with Gasteiger partial charge in [0.15, 0.2) is 17.2 Å². The summed E-state index contributed by atoms with van der Waals surface area (Å²) in [5.41, 5.74) is 2.97. The lowest BCUT2D eigenvalue weighted by molar-refractivity contribution is -0.129. The highest BCUT2D eigenvalue weighted by Gasteiger charge is 2.24. The Hall–Kier alpha value is -4.19. The van der Waals surface area contributed by atoms with Gasteiger partial charge in [0, 0.05) is 5.56 Å². The third kappa shape index (κ3) is 4.75. The van der Waals surface area contributed by atoms with Crippen LogP contribution in [0.4, 0.5) is 0 Å². The zero-order chi connectivity index (χ0) is 22.5. The Kier molecular flexibility index (Phi) is 6.12. The summed E-state index contributed by atoms with van der Waals surface area (Å²) in [5.74, 6) is -0.0611. The molecule has 4 rings (SSSR count). The number of esters is 2. The van der Waals surface area contributed by atoms with E-state index in [1.165, 1.54) is 0 Å². The first-order chi connectivity index (χ1) is 15.5. The van der Waals surface area contributed by atoms with E-state index in [4.69, 9.17) is 14.2 Å². The monoisotopic (exact) mass is 427 g/mol. The first-order valence-corrected chi connectivity index (χ1v) is 10.2. The Balaban J connectivity index is 1.59. The summed E-state index contributed by atoms with van der Waals surface area (Å²) < 4.78 is 16.5. The molecule has 1 heterocycles. The molecule has 6 heteroatoms. The number of ether oxygens (including phenoxy) is 3. The molecule has 0 amide bonds. The van der Waals surface area contributed by atoms with E-state index in [1.807, 2.05) is 50.2 Å². The number of nitrogens with zero attached hydrogens (tertiary/aromatic N) is 1. The lowest BCUT2D eigenvalue weighted by Crippen LogP contribution is -2.10. The molecule has 0 N–H and O–H groups in total. The third-order valence-corrected chi connectivity index (χ3v) is 4.67. The highest BCUT2D eigenvalue weighted by Crippen LogP contribution is 2.31. The van der Waals surface area contributed by atoms with Crippen LogP contribution in [-0.2, 0) is 9.53 Å². The molecule has 3 aromatic carbocycles. The minimum Gasteiger partial charge on any atom is -0.490 e. The predicted molar refractivity (Wildman–Crippen MR) is 121 cm³/mol. The van der Waals surface area contributed by atoms with E-state index in [0.29, 0.717) is 29.2 Å². The van der Waals surface area contributed by atoms with Crippen molar-refractivity contribution in [1.82, 2.24) is 0 Å². The zero-order valence-corrected chi connectivity index (χ0v) is 17.7. The van der Waals surface area contributed by atoms with E-state index in [1.54, 1.807) is 42.5 Å². The molecule has 0 aromatic heterocycles. The highest BCUT2D eigenvalue weighted by atomic mass is 16.6. The lowest BCUT2D eigenvalue weighted by atomic mass is 10.1. The maximum absolute atomic E-state index is 12.5. The molecular weight excluding hydrogens is 406 g/mol. The Bertz CT molecular complexity index is 1230. The molecule has 32 heavy (non-hydrogen) atoms. The van der Waals surface area contributed by atoms with Gasteiger partial charge >= 0.3 is 11.9 Å². The molecular formula is C26H21NO5. The Morgan fingerprint density at radius 2 is 1.81 bits per heavy atom. The molecule has 0 unspecified atom stereocenters. The average Bonchev–Trinajstić information content (AvgIpc) is 3.16. The van der Waals surface area contributed by atoms with Gasteiger partial charge in [-0.25, -0.2) is 14.6 Å². The normalized spacial score (nSPS) is 14.1. The second-order valence-corrected chi connectivity index (χ2v) is 7.10. The van der Waals surface area contributed by atoms with Crippen molar-refractivity contribution in [2.45, 2.75) is 13.8 Å². The Morgan fingerprint density at radius 3 is 2.56 bits per heavy atom. The van der Waals surface area contributed by atoms with Gasteiger partial charge in [-0.15, -0.1) is 0 Å². The number of hydrogen-bond acceptors (Lipinski definition) is 6. The maximum Gasteiger partial charge on any atom is 0.363 e. The Morgan fingerprint density at radius 1 is 1.00 bits per heavy atom. The van der Waals surface area contributed by atoms with Gasteiger partial charge in [0.1, 0.15) is 0 Å². The maximum atomic E-state index is 12.5. The second-order valence-electron chi connectivity index (χ2n) is 7.10. The number of carbonyl (C=O) groups is 2. The summed E-state index contributed by atoms with van der Waals surface area (Å²) in [5, 5.41) is 0. The first kappa shape index (κ1) is 21.1. The topological polar surface area (TPSA) is 74.2 Å². The second kappa shape index (κ2) is 9.31. The zero-order valence-electron chi connectivity index (χ0n) is 17.7. The fraction of sp³-hybridized carbons (Fsp3) is 0.115. The molecule has 1 aliphatic heterocycles. The summed E-state index contributed by atoms with van der Waals surface area (Å²) in [7, 11) is 0. The molecule has 3 aromatic rings. The van der Waals surface area contributed by atoms with Gasteiger partial charge in [-0.1, -0.05) is 42.0 Å². The van der Waals surface area contributed by atoms with Crippen LogP contribution < -0.4 is 9.47 Å². The van der Waals surface area contributed by atoms with Gasteiger partial charge in [-0.05, 0) is 61.9 Å². The highest BCUT2D eigenvalue weighted by molar-refractivity contribution is 6.12. The van der Waals surface area contributed by atoms with Gasteiger partial charge in [-0.2, -0.15) is 0 Å². The quantitative estimate of drug-likeness (QED) is 0.316. The van der Waals surface area contributed by atoms with Crippen LogP contribution >= 0.6 is 0 Å². The van der Waals surface area contributed by atoms with Crippen LogP contribution in [0.15, 0.2) is 83.5 Å². The molecule has 0 aliphatic carbocycles. The summed E-state index contributed by atoms with van der Waals surface area (Å²) in [4.78, 5) is 29.1. The van der Waals surface area contributed by atoms with Crippen molar-refractivity contribution in [3.05, 3.63) is 101 Å². The molecule has 6 nitrogen and oxygen atoms in total. The van der Waals surface area contributed by atoms with Crippen LogP contribution in [-0.4, -0.2) is 24.4 Å². The first-order valence-electron chi connectivity index (χ1n) is 10.2. The van der Waals surface area contributed by atoms with Crippen LogP contribution in [0.2, 0.25) is 0 Å². The summed E-state index contributed by atoms with van der Waals surface area (Å²) in [6, 6.07) is 21.4. The van der Waals surface area contributed by atoms with Gasteiger partial charge in [0.25, 0.3) is 0 Å². The third-order valence-electron chi connectivity index (χ3n) is 4.67. The standard InChI is InChI=1S/C26H21NO5/c1-3-30-23-16-18(12-13-22(23)31-25(28)20-11-7-8-17(2)14-20)15-21-26(29)32-24(27-21)19-9-5-4-6-10-19/h4-16H,3H2,1-2H3. The average molecular weight is 427 g/mol. The SMILES string of the molecule is CCOc1cc(C=C2N=C(c3ccccc3)OC2=O)ccc1OC(=O)c1cccc(C)c1. The predicted octanol–water partition coefficient (Wildman–Crippen LogP) is 4.96. The van der Waals surface area contributed by atoms with Crippen LogP contribution in [0.3, 0.4) is 0 Å². The van der Waals surface area contributed by atoms with Crippen molar-refractivity contribution in [2.75, 3.05) is 6.61 Å². The van der Waals surface area contributed by atoms with Crippen molar-refractivity contribution in [2.24, 2.45) is 4.99 Å². The molecule has 0 spiro atoms. The van der Waals surface area contributed by atoms with E-state index in [-0.39, 0.29) is 11.6 Å². The van der Waals surface area contributed by atoms with Gasteiger partial charge in [0.05, 0.1) is 12.2 Å². The van der Waals surface area contributed by atoms with Crippen LogP contribution in [0, 0.1) is 6.92 Å². The molecule has 0 bridgehead atoms. The van der Waals surface area contributed by atoms with E-state index >= 15 is 0 Å². The molecule has 160 valence electrons. The lowest BCUT2D eigenvalue weighted by Gasteiger charge is -2.11. The number of benzene rings is 3. The van der Waals surface area contributed by atoms with E-state index < -0.39 is 11.9 Å². The van der Waals surface area contributed by atoms with Crippen LogP contribution in [0.1, 0.15) is 34.0 Å². The number of aryl methyl sites for hydroxylation is 1. The fourth-order valence-electron chi connectivity index (χ4n) is 3.17. The molecule has 0 atom stereocenters. The minimum atomic E-state index is -0.531. The molecule has 0 fully saturated rings. The largest absolute Gasteiger partial charge is 0.490 e. The van der Waals surface area contributed by atoms with Crippen molar-refractivity contribution in [1.29, 1.82) is 0 Å². The number of cyclic esters (lactones) is 1. The molecule has 0 saturated carbocycles. The molecule has 0 saturated heterocycles. The molecule has 0 radical (unpaired) electrons. The number of hydrogen-bond donors (Lipinski definition) is 0. The number of carbonyl (C=O) groups excluding carboxylic acids is 2. The van der Waals surface area contributed by atoms with Crippen molar-refractivity contribution in [3.63, 3.8) is 0 Å². The minimum absolute atomic E-state index is 0.177. The summed E-state index contributed by atoms with van der Waals surface area (Å²) >= 11 is 0.